The Morgan fingerprint density at radius 1 is 1.47 bits per heavy atom. The summed E-state index contributed by atoms with van der Waals surface area (Å²) in [5.74, 6) is -1.16. The Morgan fingerprint density at radius 3 is 2.76 bits per heavy atom. The van der Waals surface area contributed by atoms with E-state index in [9.17, 15) is 9.18 Å². The van der Waals surface area contributed by atoms with Crippen LogP contribution in [0.25, 0.3) is 0 Å². The molecule has 0 bridgehead atoms. The molecular weight excluding hydrogens is 221 g/mol. The molecule has 0 saturated heterocycles. The summed E-state index contributed by atoms with van der Waals surface area (Å²) in [4.78, 5) is 12.4. The number of rotatable bonds is 6. The lowest BCUT2D eigenvalue weighted by atomic mass is 10.1. The second-order valence-electron chi connectivity index (χ2n) is 4.20. The second kappa shape index (κ2) is 6.35. The Bertz CT molecular complexity index is 393. The molecule has 3 nitrogen and oxygen atoms in total. The average Bonchev–Trinajstić information content (AvgIpc) is 2.23. The second-order valence-corrected chi connectivity index (χ2v) is 4.20. The molecule has 94 valence electrons. The monoisotopic (exact) mass is 239 g/mol. The molecule has 0 unspecified atom stereocenters. The van der Waals surface area contributed by atoms with Crippen LogP contribution >= 0.6 is 0 Å². The van der Waals surface area contributed by atoms with Gasteiger partial charge in [0.1, 0.15) is 5.82 Å². The largest absolute Gasteiger partial charge is 0.480 e. The quantitative estimate of drug-likeness (QED) is 0.828. The third kappa shape index (κ3) is 4.53. The van der Waals surface area contributed by atoms with Crippen molar-refractivity contribution in [3.05, 3.63) is 35.1 Å². The van der Waals surface area contributed by atoms with Crippen molar-refractivity contribution in [3.63, 3.8) is 0 Å². The van der Waals surface area contributed by atoms with Crippen molar-refractivity contribution < 1.29 is 14.3 Å². The van der Waals surface area contributed by atoms with E-state index < -0.39 is 5.97 Å². The van der Waals surface area contributed by atoms with Crippen molar-refractivity contribution in [1.82, 2.24) is 4.90 Å². The minimum absolute atomic E-state index is 0.0543. The van der Waals surface area contributed by atoms with E-state index in [0.717, 1.165) is 12.0 Å². The number of hydrogen-bond donors (Lipinski definition) is 1. The minimum Gasteiger partial charge on any atom is -0.480 e. The van der Waals surface area contributed by atoms with Crippen LogP contribution in [0.4, 0.5) is 4.39 Å². The minimum atomic E-state index is -0.883. The predicted molar refractivity (Wildman–Crippen MR) is 64.3 cm³/mol. The fourth-order valence-electron chi connectivity index (χ4n) is 1.79. The molecule has 0 atom stereocenters. The summed E-state index contributed by atoms with van der Waals surface area (Å²) in [6, 6.07) is 4.90. The van der Waals surface area contributed by atoms with Crippen LogP contribution in [0.5, 0.6) is 0 Å². The number of carbonyl (C=O) groups is 1. The highest BCUT2D eigenvalue weighted by atomic mass is 19.1. The van der Waals surface area contributed by atoms with Gasteiger partial charge in [-0.3, -0.25) is 9.69 Å². The van der Waals surface area contributed by atoms with Gasteiger partial charge in [0.25, 0.3) is 0 Å². The first-order valence-electron chi connectivity index (χ1n) is 5.72. The van der Waals surface area contributed by atoms with Gasteiger partial charge in [-0.15, -0.1) is 0 Å². The number of aryl methyl sites for hydroxylation is 1. The zero-order chi connectivity index (χ0) is 12.8. The third-order valence-electron chi connectivity index (χ3n) is 2.49. The van der Waals surface area contributed by atoms with Gasteiger partial charge in [-0.05, 0) is 26.0 Å². The molecule has 0 spiro atoms. The van der Waals surface area contributed by atoms with E-state index in [1.165, 1.54) is 6.07 Å². The molecule has 1 rings (SSSR count). The highest BCUT2D eigenvalue weighted by Gasteiger charge is 2.12. The van der Waals surface area contributed by atoms with Crippen molar-refractivity contribution in [2.24, 2.45) is 0 Å². The molecule has 17 heavy (non-hydrogen) atoms. The number of aliphatic carboxylic acids is 1. The number of nitrogens with zero attached hydrogens (tertiary/aromatic N) is 1. The maximum absolute atomic E-state index is 13.5. The van der Waals surface area contributed by atoms with E-state index in [0.29, 0.717) is 18.7 Å². The number of carboxylic acid groups (broad SMARTS) is 1. The van der Waals surface area contributed by atoms with Gasteiger partial charge in [0, 0.05) is 12.1 Å². The lowest BCUT2D eigenvalue weighted by molar-refractivity contribution is -0.138. The normalized spacial score (nSPS) is 10.8. The lowest BCUT2D eigenvalue weighted by Crippen LogP contribution is -2.30. The molecule has 0 aliphatic carbocycles. The molecule has 0 amide bonds. The Morgan fingerprint density at radius 2 is 2.18 bits per heavy atom. The van der Waals surface area contributed by atoms with Gasteiger partial charge in [0.05, 0.1) is 6.54 Å². The number of carboxylic acids is 1. The highest BCUT2D eigenvalue weighted by Crippen LogP contribution is 2.12. The molecule has 1 aromatic rings. The van der Waals surface area contributed by atoms with E-state index in [2.05, 4.69) is 0 Å². The van der Waals surface area contributed by atoms with Crippen LogP contribution in [0, 0.1) is 12.7 Å². The maximum atomic E-state index is 13.5. The van der Waals surface area contributed by atoms with E-state index in [-0.39, 0.29) is 12.4 Å². The van der Waals surface area contributed by atoms with Gasteiger partial charge < -0.3 is 5.11 Å². The molecule has 0 saturated carbocycles. The number of benzene rings is 1. The van der Waals surface area contributed by atoms with Crippen molar-refractivity contribution in [3.8, 4) is 0 Å². The Balaban J connectivity index is 2.77. The topological polar surface area (TPSA) is 40.5 Å². The van der Waals surface area contributed by atoms with E-state index in [4.69, 9.17) is 5.11 Å². The number of halogens is 1. The van der Waals surface area contributed by atoms with Crippen LogP contribution < -0.4 is 0 Å². The molecule has 0 aromatic heterocycles. The van der Waals surface area contributed by atoms with Crippen molar-refractivity contribution in [2.75, 3.05) is 13.1 Å². The smallest absolute Gasteiger partial charge is 0.317 e. The SMILES string of the molecule is CCCN(CC(=O)O)Cc1cc(C)ccc1F. The van der Waals surface area contributed by atoms with Crippen molar-refractivity contribution in [2.45, 2.75) is 26.8 Å². The van der Waals surface area contributed by atoms with Crippen LogP contribution in [0.1, 0.15) is 24.5 Å². The van der Waals surface area contributed by atoms with Gasteiger partial charge in [-0.1, -0.05) is 24.6 Å². The van der Waals surface area contributed by atoms with Crippen LogP contribution in [0.15, 0.2) is 18.2 Å². The maximum Gasteiger partial charge on any atom is 0.317 e. The first-order valence-corrected chi connectivity index (χ1v) is 5.72. The fourth-order valence-corrected chi connectivity index (χ4v) is 1.79. The van der Waals surface area contributed by atoms with Gasteiger partial charge in [0.2, 0.25) is 0 Å². The summed E-state index contributed by atoms with van der Waals surface area (Å²) >= 11 is 0. The summed E-state index contributed by atoms with van der Waals surface area (Å²) in [7, 11) is 0. The van der Waals surface area contributed by atoms with Crippen LogP contribution in [-0.2, 0) is 11.3 Å². The molecule has 1 N–H and O–H groups in total. The molecule has 0 radical (unpaired) electrons. The summed E-state index contributed by atoms with van der Waals surface area (Å²) in [5, 5.41) is 8.78. The zero-order valence-corrected chi connectivity index (χ0v) is 10.2. The standard InChI is InChI=1S/C13H18FNO2/c1-3-6-15(9-13(16)17)8-11-7-10(2)4-5-12(11)14/h4-5,7H,3,6,8-9H2,1-2H3,(H,16,17). The lowest BCUT2D eigenvalue weighted by Gasteiger charge is -2.19. The van der Waals surface area contributed by atoms with Crippen LogP contribution in [0.3, 0.4) is 0 Å². The molecule has 0 heterocycles. The molecular formula is C13H18FNO2. The van der Waals surface area contributed by atoms with Crippen LogP contribution in [-0.4, -0.2) is 29.1 Å². The number of hydrogen-bond acceptors (Lipinski definition) is 2. The van der Waals surface area contributed by atoms with Gasteiger partial charge in [-0.25, -0.2) is 4.39 Å². The van der Waals surface area contributed by atoms with Crippen molar-refractivity contribution >= 4 is 5.97 Å². The highest BCUT2D eigenvalue weighted by molar-refractivity contribution is 5.69. The summed E-state index contributed by atoms with van der Waals surface area (Å²) in [6.07, 6.45) is 0.848. The fraction of sp³-hybridized carbons (Fsp3) is 0.462. The Kier molecular flexibility index (Phi) is 5.10. The van der Waals surface area contributed by atoms with Crippen molar-refractivity contribution in [1.29, 1.82) is 0 Å². The van der Waals surface area contributed by atoms with E-state index in [1.807, 2.05) is 13.8 Å². The molecule has 0 aliphatic rings. The molecule has 4 heteroatoms. The van der Waals surface area contributed by atoms with Gasteiger partial charge >= 0.3 is 5.97 Å². The third-order valence-corrected chi connectivity index (χ3v) is 2.49. The zero-order valence-electron chi connectivity index (χ0n) is 10.2. The summed E-state index contributed by atoms with van der Waals surface area (Å²) < 4.78 is 13.5. The predicted octanol–water partition coefficient (Wildman–Crippen LogP) is 2.43. The molecule has 0 fully saturated rings. The van der Waals surface area contributed by atoms with E-state index >= 15 is 0 Å². The molecule has 0 aliphatic heterocycles. The first kappa shape index (κ1) is 13.6. The Labute approximate surface area is 101 Å². The Hall–Kier alpha value is -1.42. The first-order chi connectivity index (χ1) is 8.02. The molecule has 1 aromatic carbocycles. The van der Waals surface area contributed by atoms with Gasteiger partial charge in [-0.2, -0.15) is 0 Å². The summed E-state index contributed by atoms with van der Waals surface area (Å²) in [6.45, 7) is 4.81. The van der Waals surface area contributed by atoms with E-state index in [1.54, 1.807) is 17.0 Å². The van der Waals surface area contributed by atoms with Crippen LogP contribution in [0.2, 0.25) is 0 Å². The summed E-state index contributed by atoms with van der Waals surface area (Å²) in [5.41, 5.74) is 1.54. The van der Waals surface area contributed by atoms with Gasteiger partial charge in [0.15, 0.2) is 0 Å². The average molecular weight is 239 g/mol.